The Bertz CT molecular complexity index is 196. The first kappa shape index (κ1) is 13.9. The lowest BCUT2D eigenvalue weighted by Gasteiger charge is -2.28. The molecule has 1 aliphatic carbocycles. The Balaban J connectivity index is 2.13. The van der Waals surface area contributed by atoms with Gasteiger partial charge in [-0.15, -0.1) is 0 Å². The molecule has 1 fully saturated rings. The van der Waals surface area contributed by atoms with Crippen LogP contribution in [0.5, 0.6) is 0 Å². The summed E-state index contributed by atoms with van der Waals surface area (Å²) in [6.45, 7) is 6.40. The Morgan fingerprint density at radius 1 is 1.44 bits per heavy atom. The lowest BCUT2D eigenvalue weighted by Crippen LogP contribution is -2.41. The van der Waals surface area contributed by atoms with E-state index in [0.717, 1.165) is 45.3 Å². The third kappa shape index (κ3) is 4.04. The van der Waals surface area contributed by atoms with Gasteiger partial charge in [0, 0.05) is 19.8 Å². The van der Waals surface area contributed by atoms with Crippen LogP contribution < -0.4 is 5.73 Å². The van der Waals surface area contributed by atoms with Crippen LogP contribution in [0, 0.1) is 11.8 Å². The van der Waals surface area contributed by atoms with Gasteiger partial charge in [-0.3, -0.25) is 0 Å². The maximum atomic E-state index is 10.2. The Morgan fingerprint density at radius 2 is 2.19 bits per heavy atom. The minimum Gasteiger partial charge on any atom is -0.388 e. The van der Waals surface area contributed by atoms with Crippen LogP contribution >= 0.6 is 0 Å². The summed E-state index contributed by atoms with van der Waals surface area (Å²) in [7, 11) is 0. The van der Waals surface area contributed by atoms with Crippen LogP contribution in [0.4, 0.5) is 0 Å². The van der Waals surface area contributed by atoms with Crippen LogP contribution in [0.25, 0.3) is 0 Å². The minimum atomic E-state index is -0.610. The second-order valence-corrected chi connectivity index (χ2v) is 5.48. The molecular weight excluding hydrogens is 202 g/mol. The first-order valence-electron chi connectivity index (χ1n) is 6.58. The van der Waals surface area contributed by atoms with E-state index < -0.39 is 5.60 Å². The lowest BCUT2D eigenvalue weighted by molar-refractivity contribution is -0.00490. The standard InChI is InChI=1S/C13H27NO2/c1-11(2)5-8-16-9-6-12-4-3-7-13(12,15)10-14/h11-12,15H,3-10,14H2,1-2H3. The molecule has 0 spiro atoms. The van der Waals surface area contributed by atoms with E-state index in [1.807, 2.05) is 0 Å². The zero-order chi connectivity index (χ0) is 12.0. The number of hydrogen-bond donors (Lipinski definition) is 2. The predicted molar refractivity (Wildman–Crippen MR) is 66.2 cm³/mol. The number of rotatable bonds is 7. The Kier molecular flexibility index (Phi) is 5.73. The Labute approximate surface area is 99.4 Å². The van der Waals surface area contributed by atoms with Crippen LogP contribution in [0.3, 0.4) is 0 Å². The molecule has 0 aliphatic heterocycles. The first-order chi connectivity index (χ1) is 7.58. The van der Waals surface area contributed by atoms with Gasteiger partial charge in [0.2, 0.25) is 0 Å². The SMILES string of the molecule is CC(C)CCOCCC1CCCC1(O)CN. The van der Waals surface area contributed by atoms with Crippen LogP contribution in [0.2, 0.25) is 0 Å². The molecular formula is C13H27NO2. The van der Waals surface area contributed by atoms with Crippen LogP contribution in [-0.4, -0.2) is 30.5 Å². The average molecular weight is 229 g/mol. The van der Waals surface area contributed by atoms with E-state index >= 15 is 0 Å². The first-order valence-corrected chi connectivity index (χ1v) is 6.58. The topological polar surface area (TPSA) is 55.5 Å². The molecule has 3 heteroatoms. The summed E-state index contributed by atoms with van der Waals surface area (Å²) in [6, 6.07) is 0. The number of aliphatic hydroxyl groups is 1. The monoisotopic (exact) mass is 229 g/mol. The van der Waals surface area contributed by atoms with Gasteiger partial charge in [-0.1, -0.05) is 20.3 Å². The molecule has 0 amide bonds. The fourth-order valence-corrected chi connectivity index (χ4v) is 2.46. The van der Waals surface area contributed by atoms with Gasteiger partial charge in [-0.2, -0.15) is 0 Å². The molecule has 0 aromatic heterocycles. The summed E-state index contributed by atoms with van der Waals surface area (Å²) < 4.78 is 5.59. The van der Waals surface area contributed by atoms with Crippen molar-refractivity contribution in [2.75, 3.05) is 19.8 Å². The van der Waals surface area contributed by atoms with E-state index in [9.17, 15) is 5.11 Å². The van der Waals surface area contributed by atoms with Crippen molar-refractivity contribution >= 4 is 0 Å². The van der Waals surface area contributed by atoms with Crippen molar-refractivity contribution in [1.29, 1.82) is 0 Å². The molecule has 0 heterocycles. The van der Waals surface area contributed by atoms with E-state index in [1.54, 1.807) is 0 Å². The van der Waals surface area contributed by atoms with E-state index in [2.05, 4.69) is 13.8 Å². The van der Waals surface area contributed by atoms with Crippen molar-refractivity contribution < 1.29 is 9.84 Å². The average Bonchev–Trinajstić information content (AvgIpc) is 2.60. The minimum absolute atomic E-state index is 0.344. The fourth-order valence-electron chi connectivity index (χ4n) is 2.46. The summed E-state index contributed by atoms with van der Waals surface area (Å²) in [4.78, 5) is 0. The maximum absolute atomic E-state index is 10.2. The van der Waals surface area contributed by atoms with Gasteiger partial charge in [0.25, 0.3) is 0 Å². The Morgan fingerprint density at radius 3 is 2.81 bits per heavy atom. The van der Waals surface area contributed by atoms with Gasteiger partial charge in [-0.05, 0) is 37.5 Å². The lowest BCUT2D eigenvalue weighted by atomic mass is 9.88. The van der Waals surface area contributed by atoms with Crippen LogP contribution in [0.1, 0.15) is 46.0 Å². The van der Waals surface area contributed by atoms with Gasteiger partial charge in [-0.25, -0.2) is 0 Å². The van der Waals surface area contributed by atoms with E-state index in [0.29, 0.717) is 18.4 Å². The number of hydrogen-bond acceptors (Lipinski definition) is 3. The third-order valence-corrected chi connectivity index (χ3v) is 3.73. The molecule has 0 aromatic carbocycles. The molecule has 96 valence electrons. The largest absolute Gasteiger partial charge is 0.388 e. The Hall–Kier alpha value is -0.120. The van der Waals surface area contributed by atoms with E-state index in [1.165, 1.54) is 0 Å². The molecule has 0 saturated heterocycles. The van der Waals surface area contributed by atoms with Crippen molar-refractivity contribution in [1.82, 2.24) is 0 Å². The molecule has 1 aliphatic rings. The van der Waals surface area contributed by atoms with Crippen molar-refractivity contribution in [3.05, 3.63) is 0 Å². The molecule has 0 radical (unpaired) electrons. The highest BCUT2D eigenvalue weighted by Crippen LogP contribution is 2.37. The smallest absolute Gasteiger partial charge is 0.0798 e. The summed E-state index contributed by atoms with van der Waals surface area (Å²) in [5.74, 6) is 1.05. The molecule has 0 bridgehead atoms. The highest BCUT2D eigenvalue weighted by Gasteiger charge is 2.39. The van der Waals surface area contributed by atoms with Gasteiger partial charge in [0.15, 0.2) is 0 Å². The van der Waals surface area contributed by atoms with Crippen LogP contribution in [-0.2, 0) is 4.74 Å². The molecule has 2 atom stereocenters. The highest BCUT2D eigenvalue weighted by molar-refractivity contribution is 4.92. The fraction of sp³-hybridized carbons (Fsp3) is 1.00. The van der Waals surface area contributed by atoms with Gasteiger partial charge in [0.1, 0.15) is 0 Å². The van der Waals surface area contributed by atoms with Crippen LogP contribution in [0.15, 0.2) is 0 Å². The summed E-state index contributed by atoms with van der Waals surface area (Å²) >= 11 is 0. The molecule has 1 saturated carbocycles. The number of nitrogens with two attached hydrogens (primary N) is 1. The molecule has 1 rings (SSSR count). The predicted octanol–water partition coefficient (Wildman–Crippen LogP) is 1.93. The van der Waals surface area contributed by atoms with Gasteiger partial charge < -0.3 is 15.6 Å². The maximum Gasteiger partial charge on any atom is 0.0798 e. The van der Waals surface area contributed by atoms with Crippen molar-refractivity contribution in [3.8, 4) is 0 Å². The quantitative estimate of drug-likeness (QED) is 0.656. The van der Waals surface area contributed by atoms with Gasteiger partial charge in [0.05, 0.1) is 5.60 Å². The molecule has 0 aromatic rings. The second kappa shape index (κ2) is 6.58. The van der Waals surface area contributed by atoms with Gasteiger partial charge >= 0.3 is 0 Å². The zero-order valence-corrected chi connectivity index (χ0v) is 10.7. The van der Waals surface area contributed by atoms with Crippen molar-refractivity contribution in [2.24, 2.45) is 17.6 Å². The second-order valence-electron chi connectivity index (χ2n) is 5.48. The molecule has 2 unspecified atom stereocenters. The summed E-state index contributed by atoms with van der Waals surface area (Å²) in [6.07, 6.45) is 5.13. The van der Waals surface area contributed by atoms with Crippen molar-refractivity contribution in [2.45, 2.75) is 51.6 Å². The van der Waals surface area contributed by atoms with E-state index in [4.69, 9.17) is 10.5 Å². The highest BCUT2D eigenvalue weighted by atomic mass is 16.5. The third-order valence-electron chi connectivity index (χ3n) is 3.73. The molecule has 16 heavy (non-hydrogen) atoms. The van der Waals surface area contributed by atoms with E-state index in [-0.39, 0.29) is 0 Å². The number of ether oxygens (including phenoxy) is 1. The molecule has 3 nitrogen and oxygen atoms in total. The van der Waals surface area contributed by atoms with Crippen molar-refractivity contribution in [3.63, 3.8) is 0 Å². The normalized spacial score (nSPS) is 30.2. The summed E-state index contributed by atoms with van der Waals surface area (Å²) in [5.41, 5.74) is 5.03. The molecule has 3 N–H and O–H groups in total. The summed E-state index contributed by atoms with van der Waals surface area (Å²) in [5, 5.41) is 10.2. The zero-order valence-electron chi connectivity index (χ0n) is 10.7.